The van der Waals surface area contributed by atoms with Crippen molar-refractivity contribution in [3.63, 3.8) is 0 Å². The Labute approximate surface area is 420 Å². The number of amides is 3. The number of ether oxygens (including phenoxy) is 1. The van der Waals surface area contributed by atoms with E-state index in [-0.39, 0.29) is 36.1 Å². The van der Waals surface area contributed by atoms with Gasteiger partial charge < -0.3 is 34.8 Å². The second-order valence-corrected chi connectivity index (χ2v) is 20.5. The zero-order chi connectivity index (χ0) is 49.5. The van der Waals surface area contributed by atoms with Crippen molar-refractivity contribution in [3.8, 4) is 16.9 Å². The minimum atomic E-state index is -2.68. The fraction of sp³-hybridized carbons (Fsp3) is 0.439. The van der Waals surface area contributed by atoms with Crippen molar-refractivity contribution >= 4 is 29.1 Å². The first-order chi connectivity index (χ1) is 35.1. The predicted octanol–water partition coefficient (Wildman–Crippen LogP) is 9.67. The fourth-order valence-electron chi connectivity index (χ4n) is 12.4. The number of aryl methyl sites for hydroxylation is 3. The Morgan fingerprint density at radius 2 is 1.62 bits per heavy atom. The molecule has 1 aliphatic carbocycles. The van der Waals surface area contributed by atoms with Gasteiger partial charge in [-0.15, -0.1) is 0 Å². The lowest BCUT2D eigenvalue weighted by molar-refractivity contribution is -0.138. The van der Waals surface area contributed by atoms with Gasteiger partial charge in [0.1, 0.15) is 12.4 Å². The number of anilines is 3. The number of rotatable bonds is 11. The van der Waals surface area contributed by atoms with Crippen molar-refractivity contribution in [1.82, 2.24) is 34.7 Å². The molecule has 2 fully saturated rings. The number of alkyl halides is 2. The van der Waals surface area contributed by atoms with Crippen molar-refractivity contribution in [3.05, 3.63) is 142 Å². The number of hydrogen-bond donors (Lipinski definition) is 2. The number of carbonyl (C=O) groups excluding carboxylic acids is 2. The molecule has 0 spiro atoms. The Morgan fingerprint density at radius 3 is 2.36 bits per heavy atom. The standard InChI is InChI=1S/C57H65F2N9O4/c1-60-57(71)66-28-22-51-50(34-66)56(67-23-6-9-41-30-48(42-32-61-63(2)33-42)49(55(58)59)31-52(41)67)62-68(51)44-20-26-65(27-21-44)53(70)36-72-35-37-18-24-64(25-19-37)43-13-10-39(11-14-43)54-46(38-7-4-3-5-8-38)16-12-40-29-45(69)15-17-47(40)54/h3-5,7-8,10-11,13-15,17,29-33,37,44,46,54-55,69H,6,9,12,16,18-28,34-36H2,1-2H3,(H,60,71)/t46-,54+/m0/s1. The predicted molar refractivity (Wildman–Crippen MR) is 274 cm³/mol. The molecule has 4 aliphatic heterocycles. The number of halogens is 2. The van der Waals surface area contributed by atoms with Crippen molar-refractivity contribution in [2.45, 2.75) is 88.6 Å². The quantitative estimate of drug-likeness (QED) is 0.132. The summed E-state index contributed by atoms with van der Waals surface area (Å²) in [7, 11) is 3.41. The van der Waals surface area contributed by atoms with E-state index in [0.29, 0.717) is 80.3 Å². The number of aromatic hydroxyl groups is 1. The van der Waals surface area contributed by atoms with E-state index in [2.05, 4.69) is 85.6 Å². The lowest BCUT2D eigenvalue weighted by atomic mass is 9.69. The van der Waals surface area contributed by atoms with E-state index < -0.39 is 6.43 Å². The Morgan fingerprint density at radius 1 is 0.833 bits per heavy atom. The molecule has 0 bridgehead atoms. The summed E-state index contributed by atoms with van der Waals surface area (Å²) in [5.74, 6) is 2.02. The summed E-state index contributed by atoms with van der Waals surface area (Å²) >= 11 is 0. The average Bonchev–Trinajstić information content (AvgIpc) is 4.03. The molecule has 6 heterocycles. The van der Waals surface area contributed by atoms with Gasteiger partial charge in [0.05, 0.1) is 25.4 Å². The molecule has 4 aromatic carbocycles. The zero-order valence-corrected chi connectivity index (χ0v) is 41.4. The first-order valence-corrected chi connectivity index (χ1v) is 26.0. The van der Waals surface area contributed by atoms with Crippen LogP contribution in [0.15, 0.2) is 97.3 Å². The summed E-state index contributed by atoms with van der Waals surface area (Å²) in [6, 6.07) is 29.3. The van der Waals surface area contributed by atoms with Gasteiger partial charge in [-0.3, -0.25) is 14.2 Å². The van der Waals surface area contributed by atoms with Crippen molar-refractivity contribution < 1.29 is 28.2 Å². The Hall–Kier alpha value is -6.74. The molecule has 2 N–H and O–H groups in total. The molecule has 2 saturated heterocycles. The first-order valence-electron chi connectivity index (χ1n) is 26.0. The lowest BCUT2D eigenvalue weighted by Crippen LogP contribution is -2.43. The molecule has 15 heteroatoms. The van der Waals surface area contributed by atoms with Crippen LogP contribution in [0.1, 0.15) is 107 Å². The Bertz CT molecular complexity index is 2910. The van der Waals surface area contributed by atoms with E-state index in [1.54, 1.807) is 42.1 Å². The van der Waals surface area contributed by atoms with Gasteiger partial charge >= 0.3 is 6.03 Å². The number of nitrogens with zero attached hydrogens (tertiary/aromatic N) is 8. The van der Waals surface area contributed by atoms with Crippen LogP contribution in [-0.2, 0) is 42.4 Å². The third-order valence-corrected chi connectivity index (χ3v) is 16.2. The summed E-state index contributed by atoms with van der Waals surface area (Å²) in [5.41, 5.74) is 11.3. The van der Waals surface area contributed by atoms with Gasteiger partial charge in [-0.25, -0.2) is 13.6 Å². The molecular weight excluding hydrogens is 913 g/mol. The first kappa shape index (κ1) is 47.6. The highest BCUT2D eigenvalue weighted by Gasteiger charge is 2.37. The van der Waals surface area contributed by atoms with Crippen LogP contribution in [0, 0.1) is 5.92 Å². The van der Waals surface area contributed by atoms with Gasteiger partial charge in [0.25, 0.3) is 6.43 Å². The maximum atomic E-state index is 14.8. The summed E-state index contributed by atoms with van der Waals surface area (Å²) in [5, 5.41) is 22.6. The smallest absolute Gasteiger partial charge is 0.317 e. The van der Waals surface area contributed by atoms with Crippen LogP contribution in [0.25, 0.3) is 11.1 Å². The van der Waals surface area contributed by atoms with Crippen LogP contribution in [0.3, 0.4) is 0 Å². The number of nitrogens with one attached hydrogen (secondary N) is 1. The fourth-order valence-corrected chi connectivity index (χ4v) is 12.4. The highest BCUT2D eigenvalue weighted by atomic mass is 19.3. The molecule has 0 unspecified atom stereocenters. The Kier molecular flexibility index (Phi) is 13.5. The Balaban J connectivity index is 0.704. The van der Waals surface area contributed by atoms with Gasteiger partial charge in [-0.05, 0) is 133 Å². The van der Waals surface area contributed by atoms with Crippen LogP contribution in [0.4, 0.5) is 30.8 Å². The normalized spacial score (nSPS) is 19.6. The SMILES string of the molecule is CNC(=O)N1CCc2c(c(N3CCCc4cc(-c5cnn(C)c5)c(C(F)F)cc43)nn2C2CCN(C(=O)COCC3CCN(c4ccc([C@H]5c6ccc(O)cc6CC[C@H]5c5ccccc5)cc4)CC3)CC2)C1. The highest BCUT2D eigenvalue weighted by molar-refractivity contribution is 5.79. The van der Waals surface area contributed by atoms with E-state index in [1.807, 2.05) is 23.1 Å². The minimum Gasteiger partial charge on any atom is -0.508 e. The largest absolute Gasteiger partial charge is 0.508 e. The molecule has 2 atom stereocenters. The van der Waals surface area contributed by atoms with E-state index in [1.165, 1.54) is 27.9 Å². The van der Waals surface area contributed by atoms with E-state index in [9.17, 15) is 23.5 Å². The second-order valence-electron chi connectivity index (χ2n) is 20.5. The number of phenolic OH excluding ortho intramolecular Hbond substituents is 1. The number of urea groups is 1. The molecule has 6 aromatic rings. The van der Waals surface area contributed by atoms with Crippen LogP contribution < -0.4 is 15.1 Å². The van der Waals surface area contributed by atoms with Crippen molar-refractivity contribution in [1.29, 1.82) is 0 Å². The van der Waals surface area contributed by atoms with Gasteiger partial charge in [0.2, 0.25) is 5.91 Å². The van der Waals surface area contributed by atoms with Crippen molar-refractivity contribution in [2.75, 3.05) is 69.3 Å². The zero-order valence-electron chi connectivity index (χ0n) is 41.4. The maximum Gasteiger partial charge on any atom is 0.317 e. The summed E-state index contributed by atoms with van der Waals surface area (Å²) in [6.07, 6.45) is 8.35. The van der Waals surface area contributed by atoms with Crippen LogP contribution in [-0.4, -0.2) is 106 Å². The summed E-state index contributed by atoms with van der Waals surface area (Å²) in [4.78, 5) is 34.8. The number of carbonyl (C=O) groups is 2. The second kappa shape index (κ2) is 20.4. The molecule has 5 aliphatic rings. The number of benzene rings is 4. The summed E-state index contributed by atoms with van der Waals surface area (Å²) < 4.78 is 39.5. The molecule has 376 valence electrons. The third-order valence-electron chi connectivity index (χ3n) is 16.2. The molecule has 13 nitrogen and oxygen atoms in total. The van der Waals surface area contributed by atoms with Crippen molar-refractivity contribution in [2.24, 2.45) is 13.0 Å². The molecular formula is C57H65F2N9O4. The molecule has 0 saturated carbocycles. The average molecular weight is 978 g/mol. The summed E-state index contributed by atoms with van der Waals surface area (Å²) in [6.45, 7) is 5.19. The van der Waals surface area contributed by atoms with Crippen LogP contribution in [0.2, 0.25) is 0 Å². The van der Waals surface area contributed by atoms with Crippen LogP contribution in [0.5, 0.6) is 5.75 Å². The lowest BCUT2D eigenvalue weighted by Gasteiger charge is -2.36. The maximum absolute atomic E-state index is 14.8. The molecule has 11 rings (SSSR count). The minimum absolute atomic E-state index is 0.00711. The van der Waals surface area contributed by atoms with E-state index in [0.717, 1.165) is 87.0 Å². The van der Waals surface area contributed by atoms with Gasteiger partial charge in [0, 0.05) is 106 Å². The number of aromatic nitrogens is 4. The van der Waals surface area contributed by atoms with Gasteiger partial charge in [-0.2, -0.15) is 10.2 Å². The molecule has 2 aromatic heterocycles. The number of piperidine rings is 2. The molecule has 3 amide bonds. The topological polar surface area (TPSA) is 124 Å². The van der Waals surface area contributed by atoms with E-state index >= 15 is 0 Å². The van der Waals surface area contributed by atoms with E-state index in [4.69, 9.17) is 9.84 Å². The number of hydrogen-bond acceptors (Lipinski definition) is 8. The number of likely N-dealkylation sites (tertiary alicyclic amines) is 1. The van der Waals surface area contributed by atoms with Crippen LogP contribution >= 0.6 is 0 Å². The third kappa shape index (κ3) is 9.43. The molecule has 72 heavy (non-hydrogen) atoms. The van der Waals surface area contributed by atoms with Gasteiger partial charge in [-0.1, -0.05) is 48.5 Å². The number of phenols is 1. The monoisotopic (exact) mass is 978 g/mol. The highest BCUT2D eigenvalue weighted by Crippen LogP contribution is 2.48. The van der Waals surface area contributed by atoms with Gasteiger partial charge in [0.15, 0.2) is 5.82 Å². The molecule has 0 radical (unpaired) electrons. The number of fused-ring (bicyclic) bond motifs is 3.